The Labute approximate surface area is 231 Å². The Morgan fingerprint density at radius 2 is 0.775 bits per heavy atom. The third-order valence-corrected chi connectivity index (χ3v) is 6.29. The van der Waals surface area contributed by atoms with Crippen molar-refractivity contribution in [2.75, 3.05) is 28.4 Å². The minimum absolute atomic E-state index is 0.142. The molecule has 0 radical (unpaired) electrons. The predicted molar refractivity (Wildman–Crippen MR) is 148 cm³/mol. The molecule has 4 aromatic rings. The van der Waals surface area contributed by atoms with Crippen LogP contribution in [0.1, 0.15) is 41.4 Å². The van der Waals surface area contributed by atoms with Gasteiger partial charge in [-0.2, -0.15) is 0 Å². The number of rotatable bonds is 11. The van der Waals surface area contributed by atoms with Crippen LogP contribution in [0.25, 0.3) is 11.1 Å². The van der Waals surface area contributed by atoms with Crippen LogP contribution in [-0.4, -0.2) is 51.6 Å². The molecule has 4 rings (SSSR count). The molecule has 8 nitrogen and oxygen atoms in total. The molecule has 0 fully saturated rings. The van der Waals surface area contributed by atoms with Crippen LogP contribution in [0.15, 0.2) is 84.9 Å². The van der Waals surface area contributed by atoms with E-state index < -0.39 is 23.1 Å². The fourth-order valence-electron chi connectivity index (χ4n) is 4.16. The first kappa shape index (κ1) is 27.8. The smallest absolute Gasteiger partial charge is 0.233 e. The third kappa shape index (κ3) is 5.61. The van der Waals surface area contributed by atoms with Gasteiger partial charge >= 0.3 is 0 Å². The fraction of sp³-hybridized carbons (Fsp3) is 0.125. The Balaban J connectivity index is 1.64. The first-order chi connectivity index (χ1) is 19.3. The van der Waals surface area contributed by atoms with Crippen molar-refractivity contribution in [3.63, 3.8) is 0 Å². The average Bonchev–Trinajstić information content (AvgIpc) is 3.02. The second kappa shape index (κ2) is 12.1. The molecular weight excluding hydrogens is 512 g/mol. The van der Waals surface area contributed by atoms with Crippen molar-refractivity contribution in [3.8, 4) is 34.1 Å². The Morgan fingerprint density at radius 3 is 1.10 bits per heavy atom. The molecule has 0 aliphatic rings. The normalized spacial score (nSPS) is 10.4. The summed E-state index contributed by atoms with van der Waals surface area (Å²) in [7, 11) is 5.83. The van der Waals surface area contributed by atoms with Gasteiger partial charge in [-0.05, 0) is 48.5 Å². The van der Waals surface area contributed by atoms with Gasteiger partial charge in [-0.25, -0.2) is 0 Å². The zero-order valence-electron chi connectivity index (χ0n) is 22.3. The van der Waals surface area contributed by atoms with Gasteiger partial charge in [0.25, 0.3) is 0 Å². The molecule has 8 heteroatoms. The zero-order chi connectivity index (χ0) is 28.8. The van der Waals surface area contributed by atoms with Crippen LogP contribution in [0.2, 0.25) is 0 Å². The van der Waals surface area contributed by atoms with Gasteiger partial charge in [0.15, 0.2) is 0 Å². The summed E-state index contributed by atoms with van der Waals surface area (Å²) >= 11 is 0. The van der Waals surface area contributed by atoms with Gasteiger partial charge in [0, 0.05) is 33.4 Å². The molecule has 0 unspecified atom stereocenters. The van der Waals surface area contributed by atoms with Gasteiger partial charge < -0.3 is 18.9 Å². The topological polar surface area (TPSA) is 105 Å². The maximum absolute atomic E-state index is 13.0. The van der Waals surface area contributed by atoms with Crippen molar-refractivity contribution < 1.29 is 38.1 Å². The SMILES string of the molecule is COc1cccc(C(=O)C(=O)c2ccc(-c3ccc(C(=O)C(=O)c4cccc(OC)c4)cc3OC)c(OC)c2)c1. The minimum atomic E-state index is -0.706. The molecule has 0 saturated heterocycles. The van der Waals surface area contributed by atoms with E-state index in [9.17, 15) is 19.2 Å². The van der Waals surface area contributed by atoms with Crippen LogP contribution in [0.5, 0.6) is 23.0 Å². The molecule has 0 heterocycles. The molecule has 0 amide bonds. The lowest BCUT2D eigenvalue weighted by atomic mass is 9.95. The fourth-order valence-corrected chi connectivity index (χ4v) is 4.16. The van der Waals surface area contributed by atoms with Crippen molar-refractivity contribution in [1.29, 1.82) is 0 Å². The van der Waals surface area contributed by atoms with E-state index in [1.165, 1.54) is 64.8 Å². The van der Waals surface area contributed by atoms with Crippen LogP contribution in [-0.2, 0) is 0 Å². The molecule has 0 bridgehead atoms. The van der Waals surface area contributed by atoms with E-state index in [0.29, 0.717) is 34.1 Å². The summed E-state index contributed by atoms with van der Waals surface area (Å²) in [6.45, 7) is 0. The summed E-state index contributed by atoms with van der Waals surface area (Å²) in [4.78, 5) is 51.6. The summed E-state index contributed by atoms with van der Waals surface area (Å²) in [5.41, 5.74) is 1.81. The number of carbonyl (C=O) groups is 4. The van der Waals surface area contributed by atoms with Crippen molar-refractivity contribution in [2.24, 2.45) is 0 Å². The average molecular weight is 539 g/mol. The van der Waals surface area contributed by atoms with Crippen molar-refractivity contribution in [3.05, 3.63) is 107 Å². The van der Waals surface area contributed by atoms with E-state index in [0.717, 1.165) is 0 Å². The quantitative estimate of drug-likeness (QED) is 0.182. The summed E-state index contributed by atoms with van der Waals surface area (Å²) in [5, 5.41) is 0. The Kier molecular flexibility index (Phi) is 8.39. The number of ketones is 4. The first-order valence-electron chi connectivity index (χ1n) is 12.1. The van der Waals surface area contributed by atoms with E-state index in [1.807, 2.05) is 0 Å². The highest BCUT2D eigenvalue weighted by molar-refractivity contribution is 6.50. The maximum atomic E-state index is 13.0. The Hall–Kier alpha value is -5.24. The summed E-state index contributed by atoms with van der Waals surface area (Å²) in [5.74, 6) is -1.23. The largest absolute Gasteiger partial charge is 0.497 e. The molecule has 0 saturated carbocycles. The van der Waals surface area contributed by atoms with Gasteiger partial charge in [0.05, 0.1) is 28.4 Å². The van der Waals surface area contributed by atoms with Gasteiger partial charge in [0.2, 0.25) is 23.1 Å². The van der Waals surface area contributed by atoms with E-state index in [4.69, 9.17) is 18.9 Å². The minimum Gasteiger partial charge on any atom is -0.497 e. The number of carbonyl (C=O) groups excluding carboxylic acids is 4. The van der Waals surface area contributed by atoms with E-state index in [-0.39, 0.29) is 22.3 Å². The van der Waals surface area contributed by atoms with Gasteiger partial charge in [-0.15, -0.1) is 0 Å². The van der Waals surface area contributed by atoms with Crippen LogP contribution in [0.3, 0.4) is 0 Å². The molecule has 0 aliphatic carbocycles. The zero-order valence-corrected chi connectivity index (χ0v) is 22.3. The Morgan fingerprint density at radius 1 is 0.425 bits per heavy atom. The maximum Gasteiger partial charge on any atom is 0.233 e. The lowest BCUT2D eigenvalue weighted by Crippen LogP contribution is -2.15. The van der Waals surface area contributed by atoms with E-state index in [2.05, 4.69) is 0 Å². The molecule has 0 atom stereocenters. The highest BCUT2D eigenvalue weighted by Gasteiger charge is 2.23. The molecule has 202 valence electrons. The van der Waals surface area contributed by atoms with Crippen molar-refractivity contribution >= 4 is 23.1 Å². The highest BCUT2D eigenvalue weighted by Crippen LogP contribution is 2.38. The van der Waals surface area contributed by atoms with Crippen LogP contribution in [0.4, 0.5) is 0 Å². The Bertz CT molecular complexity index is 1500. The van der Waals surface area contributed by atoms with E-state index in [1.54, 1.807) is 48.5 Å². The van der Waals surface area contributed by atoms with Crippen molar-refractivity contribution in [2.45, 2.75) is 0 Å². The molecular formula is C32H26O8. The predicted octanol–water partition coefficient (Wildman–Crippen LogP) is 5.52. The number of hydrogen-bond donors (Lipinski definition) is 0. The molecule has 0 aromatic heterocycles. The molecule has 40 heavy (non-hydrogen) atoms. The third-order valence-electron chi connectivity index (χ3n) is 6.29. The van der Waals surface area contributed by atoms with E-state index >= 15 is 0 Å². The summed E-state index contributed by atoms with van der Waals surface area (Å²) in [6.07, 6.45) is 0. The molecule has 0 N–H and O–H groups in total. The molecule has 0 aliphatic heterocycles. The number of methoxy groups -OCH3 is 4. The van der Waals surface area contributed by atoms with Crippen LogP contribution < -0.4 is 18.9 Å². The monoisotopic (exact) mass is 538 g/mol. The summed E-state index contributed by atoms with van der Waals surface area (Å²) < 4.78 is 21.4. The molecule has 4 aromatic carbocycles. The summed E-state index contributed by atoms with van der Waals surface area (Å²) in [6, 6.07) is 22.0. The van der Waals surface area contributed by atoms with Gasteiger partial charge in [-0.3, -0.25) is 19.2 Å². The van der Waals surface area contributed by atoms with Crippen molar-refractivity contribution in [1.82, 2.24) is 0 Å². The van der Waals surface area contributed by atoms with Gasteiger partial charge in [0.1, 0.15) is 23.0 Å². The van der Waals surface area contributed by atoms with Gasteiger partial charge in [-0.1, -0.05) is 36.4 Å². The molecule has 0 spiro atoms. The van der Waals surface area contributed by atoms with Crippen LogP contribution in [0, 0.1) is 0 Å². The number of Topliss-reactive ketones (excluding diaryl/α,β-unsaturated/α-hetero) is 4. The highest BCUT2D eigenvalue weighted by atomic mass is 16.5. The standard InChI is InChI=1S/C32H26O8/c1-37-23-9-5-7-19(15-23)29(33)31(35)21-11-13-25(27(17-21)39-3)26-14-12-22(18-28(26)40-4)32(36)30(34)20-8-6-10-24(16-20)38-2/h5-18H,1-4H3. The lowest BCUT2D eigenvalue weighted by molar-refractivity contribution is 0.0816. The lowest BCUT2D eigenvalue weighted by Gasteiger charge is -2.14. The number of hydrogen-bond acceptors (Lipinski definition) is 8. The second-order valence-corrected chi connectivity index (χ2v) is 8.61. The number of ether oxygens (including phenoxy) is 4. The number of benzene rings is 4. The second-order valence-electron chi connectivity index (χ2n) is 8.61. The van der Waals surface area contributed by atoms with Crippen LogP contribution >= 0.6 is 0 Å². The first-order valence-corrected chi connectivity index (χ1v) is 12.1.